The first-order chi connectivity index (χ1) is 17.5. The third-order valence-electron chi connectivity index (χ3n) is 6.03. The molecule has 0 aromatic heterocycles. The van der Waals surface area contributed by atoms with Crippen LogP contribution in [-0.2, 0) is 30.4 Å². The Morgan fingerprint density at radius 2 is 1.54 bits per heavy atom. The smallest absolute Gasteiger partial charge is 0.326 e. The first-order valence-corrected chi connectivity index (χ1v) is 12.4. The quantitative estimate of drug-likeness (QED) is 0.128. The van der Waals surface area contributed by atoms with E-state index in [-0.39, 0.29) is 6.42 Å². The molecule has 0 bridgehead atoms. The average molecular weight is 521 g/mol. The second-order valence-electron chi connectivity index (χ2n) is 9.08. The highest BCUT2D eigenvalue weighted by molar-refractivity contribution is 5.95. The van der Waals surface area contributed by atoms with Crippen molar-refractivity contribution in [1.29, 1.82) is 0 Å². The number of benzene rings is 1. The Balaban J connectivity index is 3.09. The van der Waals surface area contributed by atoms with Gasteiger partial charge in [-0.1, -0.05) is 57.0 Å². The van der Waals surface area contributed by atoms with Gasteiger partial charge in [0.2, 0.25) is 23.6 Å². The van der Waals surface area contributed by atoms with E-state index >= 15 is 0 Å². The lowest BCUT2D eigenvalue weighted by atomic mass is 9.96. The highest BCUT2D eigenvalue weighted by atomic mass is 16.4. The molecule has 0 aliphatic carbocycles. The molecule has 0 heterocycles. The minimum absolute atomic E-state index is 0.141. The maximum atomic E-state index is 13.3. The topological polar surface area (TPSA) is 220 Å². The summed E-state index contributed by atoms with van der Waals surface area (Å²) < 4.78 is 0. The van der Waals surface area contributed by atoms with Gasteiger partial charge in [0, 0.05) is 6.42 Å². The fourth-order valence-corrected chi connectivity index (χ4v) is 3.60. The highest BCUT2D eigenvalue weighted by Gasteiger charge is 2.33. The number of hydrogen-bond donors (Lipinski definition) is 7. The molecule has 12 heteroatoms. The van der Waals surface area contributed by atoms with Gasteiger partial charge in [0.15, 0.2) is 0 Å². The number of aliphatic carboxylic acids is 1. The van der Waals surface area contributed by atoms with Crippen molar-refractivity contribution in [3.63, 3.8) is 0 Å². The number of rotatable bonds is 17. The number of carbonyl (C=O) groups excluding carboxylic acids is 4. The summed E-state index contributed by atoms with van der Waals surface area (Å²) in [6.45, 7) is 4.00. The fourth-order valence-electron chi connectivity index (χ4n) is 3.60. The number of carboxylic acids is 1. The van der Waals surface area contributed by atoms with E-state index in [4.69, 9.17) is 17.2 Å². The van der Waals surface area contributed by atoms with Gasteiger partial charge in [-0.05, 0) is 30.9 Å². The summed E-state index contributed by atoms with van der Waals surface area (Å²) in [5.41, 5.74) is 17.4. The Labute approximate surface area is 217 Å². The maximum absolute atomic E-state index is 13.3. The molecular weight excluding hydrogens is 480 g/mol. The predicted octanol–water partition coefficient (Wildman–Crippen LogP) is -0.854. The second kappa shape index (κ2) is 16.3. The van der Waals surface area contributed by atoms with Crippen molar-refractivity contribution < 1.29 is 29.1 Å². The molecule has 1 rings (SSSR count). The van der Waals surface area contributed by atoms with Gasteiger partial charge in [-0.3, -0.25) is 19.2 Å². The van der Waals surface area contributed by atoms with E-state index in [0.29, 0.717) is 32.2 Å². The van der Waals surface area contributed by atoms with Crippen molar-refractivity contribution >= 4 is 29.6 Å². The molecule has 0 saturated carbocycles. The van der Waals surface area contributed by atoms with Gasteiger partial charge in [-0.15, -0.1) is 0 Å². The third-order valence-corrected chi connectivity index (χ3v) is 6.03. The van der Waals surface area contributed by atoms with Crippen LogP contribution in [0.5, 0.6) is 0 Å². The first-order valence-electron chi connectivity index (χ1n) is 12.4. The second-order valence-corrected chi connectivity index (χ2v) is 9.08. The molecule has 1 aromatic rings. The van der Waals surface area contributed by atoms with Crippen LogP contribution < -0.4 is 33.2 Å². The van der Waals surface area contributed by atoms with Gasteiger partial charge < -0.3 is 38.3 Å². The number of nitrogens with one attached hydrogen (secondary N) is 3. The highest BCUT2D eigenvalue weighted by Crippen LogP contribution is 2.11. The van der Waals surface area contributed by atoms with E-state index in [1.807, 2.05) is 6.07 Å². The molecule has 4 amide bonds. The third kappa shape index (κ3) is 11.4. The molecule has 0 spiro atoms. The average Bonchev–Trinajstić information content (AvgIpc) is 2.86. The first kappa shape index (κ1) is 31.5. The summed E-state index contributed by atoms with van der Waals surface area (Å²) in [4.78, 5) is 61.7. The van der Waals surface area contributed by atoms with Crippen LogP contribution >= 0.6 is 0 Å². The monoisotopic (exact) mass is 520 g/mol. The van der Waals surface area contributed by atoms with E-state index in [0.717, 1.165) is 5.56 Å². The molecule has 5 atom stereocenters. The number of carbonyl (C=O) groups is 5. The molecule has 10 N–H and O–H groups in total. The van der Waals surface area contributed by atoms with Crippen LogP contribution in [0.1, 0.15) is 51.5 Å². The Morgan fingerprint density at radius 3 is 2.08 bits per heavy atom. The molecule has 12 nitrogen and oxygen atoms in total. The maximum Gasteiger partial charge on any atom is 0.326 e. The van der Waals surface area contributed by atoms with Crippen molar-refractivity contribution in [3.05, 3.63) is 35.9 Å². The molecule has 206 valence electrons. The van der Waals surface area contributed by atoms with Crippen LogP contribution in [0.15, 0.2) is 30.3 Å². The molecular formula is C25H40N6O6. The van der Waals surface area contributed by atoms with Crippen LogP contribution in [0.4, 0.5) is 0 Å². The van der Waals surface area contributed by atoms with Crippen LogP contribution in [0.25, 0.3) is 0 Å². The number of carboxylic acid groups (broad SMARTS) is 1. The van der Waals surface area contributed by atoms with Crippen molar-refractivity contribution in [2.75, 3.05) is 6.54 Å². The van der Waals surface area contributed by atoms with Crippen molar-refractivity contribution in [2.24, 2.45) is 23.1 Å². The standard InChI is InChI=1S/C25H40N6O6/c1-3-15(2)21(24(35)30-19(25(36)37)14-20(28)32)31-23(34)18(13-16-9-5-4-6-10-16)29-22(33)17(27)11-7-8-12-26/h4-6,9-10,15,17-19,21H,3,7-8,11-14,26-27H2,1-2H3,(H2,28,32)(H,29,33)(H,30,35)(H,31,34)(H,36,37). The normalized spacial score (nSPS) is 14.9. The van der Waals surface area contributed by atoms with Gasteiger partial charge in [0.25, 0.3) is 0 Å². The van der Waals surface area contributed by atoms with Crippen molar-refractivity contribution in [3.8, 4) is 0 Å². The van der Waals surface area contributed by atoms with Gasteiger partial charge in [-0.25, -0.2) is 4.79 Å². The molecule has 37 heavy (non-hydrogen) atoms. The summed E-state index contributed by atoms with van der Waals surface area (Å²) in [5.74, 6) is -4.64. The van der Waals surface area contributed by atoms with Gasteiger partial charge in [0.1, 0.15) is 18.1 Å². The molecule has 5 unspecified atom stereocenters. The zero-order chi connectivity index (χ0) is 28.0. The summed E-state index contributed by atoms with van der Waals surface area (Å²) in [6.07, 6.45) is 1.80. The van der Waals surface area contributed by atoms with Gasteiger partial charge >= 0.3 is 5.97 Å². The van der Waals surface area contributed by atoms with E-state index in [9.17, 15) is 29.1 Å². The largest absolute Gasteiger partial charge is 0.480 e. The Morgan fingerprint density at radius 1 is 0.919 bits per heavy atom. The Hall–Kier alpha value is -3.51. The van der Waals surface area contributed by atoms with Crippen LogP contribution in [0, 0.1) is 5.92 Å². The van der Waals surface area contributed by atoms with Crippen LogP contribution in [-0.4, -0.2) is 65.4 Å². The zero-order valence-corrected chi connectivity index (χ0v) is 21.4. The van der Waals surface area contributed by atoms with Crippen LogP contribution in [0.2, 0.25) is 0 Å². The Bertz CT molecular complexity index is 912. The number of unbranched alkanes of at least 4 members (excludes halogenated alkanes) is 1. The van der Waals surface area contributed by atoms with Crippen molar-refractivity contribution in [1.82, 2.24) is 16.0 Å². The van der Waals surface area contributed by atoms with Gasteiger partial charge in [0.05, 0.1) is 12.5 Å². The van der Waals surface area contributed by atoms with E-state index in [1.54, 1.807) is 38.1 Å². The SMILES string of the molecule is CCC(C)C(NC(=O)C(Cc1ccccc1)NC(=O)C(N)CCCCN)C(=O)NC(CC(N)=O)C(=O)O. The summed E-state index contributed by atoms with van der Waals surface area (Å²) >= 11 is 0. The minimum Gasteiger partial charge on any atom is -0.480 e. The lowest BCUT2D eigenvalue weighted by Gasteiger charge is -2.28. The van der Waals surface area contributed by atoms with Crippen molar-refractivity contribution in [2.45, 2.75) is 76.5 Å². The van der Waals surface area contributed by atoms with E-state index < -0.39 is 66.1 Å². The number of primary amides is 1. The summed E-state index contributed by atoms with van der Waals surface area (Å²) in [7, 11) is 0. The minimum atomic E-state index is -1.54. The molecule has 0 saturated heterocycles. The Kier molecular flexibility index (Phi) is 13.9. The molecule has 0 fully saturated rings. The number of amides is 4. The molecule has 1 aromatic carbocycles. The lowest BCUT2D eigenvalue weighted by Crippen LogP contribution is -2.59. The molecule has 0 aliphatic rings. The van der Waals surface area contributed by atoms with E-state index in [1.165, 1.54) is 0 Å². The number of nitrogens with two attached hydrogens (primary N) is 3. The van der Waals surface area contributed by atoms with E-state index in [2.05, 4.69) is 16.0 Å². The molecule has 0 aliphatic heterocycles. The summed E-state index contributed by atoms with van der Waals surface area (Å²) in [5, 5.41) is 16.9. The van der Waals surface area contributed by atoms with Crippen LogP contribution in [0.3, 0.4) is 0 Å². The fraction of sp³-hybridized carbons (Fsp3) is 0.560. The number of hydrogen-bond acceptors (Lipinski definition) is 7. The predicted molar refractivity (Wildman–Crippen MR) is 138 cm³/mol. The van der Waals surface area contributed by atoms with Gasteiger partial charge in [-0.2, -0.15) is 0 Å². The lowest BCUT2D eigenvalue weighted by molar-refractivity contribution is -0.144. The molecule has 0 radical (unpaired) electrons. The zero-order valence-electron chi connectivity index (χ0n) is 21.4. The summed E-state index contributed by atoms with van der Waals surface area (Å²) in [6, 6.07) is 4.46.